The fraction of sp³-hybridized carbons (Fsp3) is 0.350. The van der Waals surface area contributed by atoms with Crippen LogP contribution in [-0.4, -0.2) is 69.2 Å². The Labute approximate surface area is 165 Å². The highest BCUT2D eigenvalue weighted by Gasteiger charge is 2.32. The van der Waals surface area contributed by atoms with Gasteiger partial charge in [-0.05, 0) is 30.8 Å². The molecule has 1 heterocycles. The van der Waals surface area contributed by atoms with E-state index < -0.39 is 20.7 Å². The van der Waals surface area contributed by atoms with Crippen molar-refractivity contribution in [3.8, 4) is 0 Å². The molecule has 0 N–H and O–H groups in total. The van der Waals surface area contributed by atoms with E-state index in [4.69, 9.17) is 0 Å². The summed E-state index contributed by atoms with van der Waals surface area (Å²) in [5.41, 5.74) is 1.16. The van der Waals surface area contributed by atoms with Gasteiger partial charge in [-0.1, -0.05) is 30.3 Å². The standard InChI is InChI=1S/C20H24FN3O3S/c1-22(2)28(26,27)19-13-16(9-10-17(19)21)20(25)24-12-11-23(3)14-18(24)15-7-5-4-6-8-15/h4-10,13,18H,11-12,14H2,1-3H3. The monoisotopic (exact) mass is 405 g/mol. The number of rotatable bonds is 4. The minimum Gasteiger partial charge on any atom is -0.329 e. The molecule has 2 aromatic rings. The molecule has 3 rings (SSSR count). The number of carbonyl (C=O) groups excluding carboxylic acids is 1. The summed E-state index contributed by atoms with van der Waals surface area (Å²) in [6.45, 7) is 1.88. The maximum atomic E-state index is 14.2. The molecular formula is C20H24FN3O3S. The summed E-state index contributed by atoms with van der Waals surface area (Å²) >= 11 is 0. The van der Waals surface area contributed by atoms with Crippen LogP contribution in [0.5, 0.6) is 0 Å². The number of likely N-dealkylation sites (N-methyl/N-ethyl adjacent to an activating group) is 1. The van der Waals surface area contributed by atoms with Crippen molar-refractivity contribution in [2.75, 3.05) is 40.8 Å². The van der Waals surface area contributed by atoms with Crippen LogP contribution >= 0.6 is 0 Å². The smallest absolute Gasteiger partial charge is 0.254 e. The Morgan fingerprint density at radius 3 is 2.43 bits per heavy atom. The summed E-state index contributed by atoms with van der Waals surface area (Å²) in [4.78, 5) is 16.6. The number of nitrogens with zero attached hydrogens (tertiary/aromatic N) is 3. The van der Waals surface area contributed by atoms with Crippen LogP contribution in [0.15, 0.2) is 53.4 Å². The summed E-state index contributed by atoms with van der Waals surface area (Å²) in [5, 5.41) is 0. The van der Waals surface area contributed by atoms with Crippen molar-refractivity contribution in [1.29, 1.82) is 0 Å². The molecule has 1 unspecified atom stereocenters. The first kappa shape index (κ1) is 20.4. The summed E-state index contributed by atoms with van der Waals surface area (Å²) in [5.74, 6) is -1.18. The molecule has 6 nitrogen and oxygen atoms in total. The zero-order chi connectivity index (χ0) is 20.5. The van der Waals surface area contributed by atoms with Crippen LogP contribution in [0.3, 0.4) is 0 Å². The molecular weight excluding hydrogens is 381 g/mol. The van der Waals surface area contributed by atoms with Crippen molar-refractivity contribution in [3.63, 3.8) is 0 Å². The third-order valence-corrected chi connectivity index (χ3v) is 6.80. The normalized spacial score (nSPS) is 18.5. The highest BCUT2D eigenvalue weighted by atomic mass is 32.2. The molecule has 0 bridgehead atoms. The zero-order valence-corrected chi connectivity index (χ0v) is 17.0. The predicted molar refractivity (Wildman–Crippen MR) is 105 cm³/mol. The zero-order valence-electron chi connectivity index (χ0n) is 16.2. The van der Waals surface area contributed by atoms with Crippen LogP contribution in [-0.2, 0) is 10.0 Å². The SMILES string of the molecule is CN1CCN(C(=O)c2ccc(F)c(S(=O)(=O)N(C)C)c2)C(c2ccccc2)C1. The lowest BCUT2D eigenvalue weighted by Crippen LogP contribution is -2.49. The molecule has 1 amide bonds. The maximum Gasteiger partial charge on any atom is 0.254 e. The highest BCUT2D eigenvalue weighted by molar-refractivity contribution is 7.89. The first-order valence-electron chi connectivity index (χ1n) is 8.98. The van der Waals surface area contributed by atoms with E-state index in [1.807, 2.05) is 37.4 Å². The number of carbonyl (C=O) groups is 1. The number of sulfonamides is 1. The Hall–Kier alpha value is -2.29. The lowest BCUT2D eigenvalue weighted by molar-refractivity contribution is 0.0497. The second-order valence-electron chi connectivity index (χ2n) is 7.12. The Morgan fingerprint density at radius 2 is 1.79 bits per heavy atom. The van der Waals surface area contributed by atoms with Crippen LogP contribution in [0.4, 0.5) is 4.39 Å². The Morgan fingerprint density at radius 1 is 1.11 bits per heavy atom. The second kappa shape index (κ2) is 7.98. The number of amides is 1. The van der Waals surface area contributed by atoms with E-state index in [-0.39, 0.29) is 17.5 Å². The number of hydrogen-bond donors (Lipinski definition) is 0. The Balaban J connectivity index is 1.98. The van der Waals surface area contributed by atoms with Gasteiger partial charge in [0.15, 0.2) is 0 Å². The number of hydrogen-bond acceptors (Lipinski definition) is 4. The molecule has 1 aliphatic heterocycles. The Kier molecular flexibility index (Phi) is 5.83. The predicted octanol–water partition coefficient (Wildman–Crippen LogP) is 2.20. The van der Waals surface area contributed by atoms with Gasteiger partial charge in [-0.2, -0.15) is 0 Å². The van der Waals surface area contributed by atoms with Crippen LogP contribution in [0.1, 0.15) is 22.0 Å². The van der Waals surface area contributed by atoms with E-state index in [2.05, 4.69) is 4.90 Å². The minimum atomic E-state index is -3.99. The fourth-order valence-corrected chi connectivity index (χ4v) is 4.30. The molecule has 150 valence electrons. The van der Waals surface area contributed by atoms with Crippen molar-refractivity contribution in [1.82, 2.24) is 14.1 Å². The lowest BCUT2D eigenvalue weighted by Gasteiger charge is -2.40. The first-order valence-corrected chi connectivity index (χ1v) is 10.4. The molecule has 0 aliphatic carbocycles. The summed E-state index contributed by atoms with van der Waals surface area (Å²) in [7, 11) is 0.665. The number of halogens is 1. The van der Waals surface area contributed by atoms with E-state index in [9.17, 15) is 17.6 Å². The maximum absolute atomic E-state index is 14.2. The highest BCUT2D eigenvalue weighted by Crippen LogP contribution is 2.28. The molecule has 0 spiro atoms. The topological polar surface area (TPSA) is 60.9 Å². The quantitative estimate of drug-likeness (QED) is 0.783. The van der Waals surface area contributed by atoms with E-state index in [1.165, 1.54) is 20.2 Å². The van der Waals surface area contributed by atoms with Gasteiger partial charge in [0.1, 0.15) is 10.7 Å². The van der Waals surface area contributed by atoms with E-state index in [1.54, 1.807) is 4.90 Å². The third kappa shape index (κ3) is 3.94. The van der Waals surface area contributed by atoms with E-state index in [0.717, 1.165) is 22.0 Å². The molecule has 0 aromatic heterocycles. The molecule has 1 saturated heterocycles. The molecule has 1 aliphatic rings. The molecule has 28 heavy (non-hydrogen) atoms. The largest absolute Gasteiger partial charge is 0.329 e. The van der Waals surface area contributed by atoms with Crippen molar-refractivity contribution in [2.45, 2.75) is 10.9 Å². The van der Waals surface area contributed by atoms with Gasteiger partial charge in [0.05, 0.1) is 6.04 Å². The molecule has 1 atom stereocenters. The van der Waals surface area contributed by atoms with Gasteiger partial charge in [0.2, 0.25) is 10.0 Å². The van der Waals surface area contributed by atoms with Crippen LogP contribution < -0.4 is 0 Å². The Bertz CT molecular complexity index is 964. The van der Waals surface area contributed by atoms with Gasteiger partial charge < -0.3 is 9.80 Å². The van der Waals surface area contributed by atoms with Crippen molar-refractivity contribution >= 4 is 15.9 Å². The van der Waals surface area contributed by atoms with Crippen LogP contribution in [0.25, 0.3) is 0 Å². The van der Waals surface area contributed by atoms with Crippen molar-refractivity contribution in [3.05, 3.63) is 65.5 Å². The second-order valence-corrected chi connectivity index (χ2v) is 9.24. The molecule has 0 saturated carbocycles. The van der Waals surface area contributed by atoms with E-state index in [0.29, 0.717) is 19.6 Å². The van der Waals surface area contributed by atoms with Gasteiger partial charge in [-0.15, -0.1) is 0 Å². The lowest BCUT2D eigenvalue weighted by atomic mass is 10.0. The van der Waals surface area contributed by atoms with E-state index >= 15 is 0 Å². The molecule has 1 fully saturated rings. The van der Waals surface area contributed by atoms with Crippen molar-refractivity contribution in [2.24, 2.45) is 0 Å². The summed E-state index contributed by atoms with van der Waals surface area (Å²) in [6.07, 6.45) is 0. The van der Waals surface area contributed by atoms with Crippen molar-refractivity contribution < 1.29 is 17.6 Å². The van der Waals surface area contributed by atoms with Gasteiger partial charge in [0, 0.05) is 39.3 Å². The molecule has 8 heteroatoms. The summed E-state index contributed by atoms with van der Waals surface area (Å²) < 4.78 is 39.9. The molecule has 0 radical (unpaired) electrons. The van der Waals surface area contributed by atoms with Gasteiger partial charge in [-0.25, -0.2) is 17.1 Å². The van der Waals surface area contributed by atoms with Crippen LogP contribution in [0, 0.1) is 5.82 Å². The number of benzene rings is 2. The van der Waals surface area contributed by atoms with Gasteiger partial charge in [-0.3, -0.25) is 4.79 Å². The third-order valence-electron chi connectivity index (χ3n) is 4.97. The average molecular weight is 405 g/mol. The van der Waals surface area contributed by atoms with Crippen LogP contribution in [0.2, 0.25) is 0 Å². The fourth-order valence-electron chi connectivity index (χ4n) is 3.32. The average Bonchev–Trinajstić information content (AvgIpc) is 2.68. The molecule has 2 aromatic carbocycles. The van der Waals surface area contributed by atoms with Gasteiger partial charge in [0.25, 0.3) is 5.91 Å². The summed E-state index contributed by atoms with van der Waals surface area (Å²) in [6, 6.07) is 13.1. The number of piperazine rings is 1. The van der Waals surface area contributed by atoms with Gasteiger partial charge >= 0.3 is 0 Å². The minimum absolute atomic E-state index is 0.160. The first-order chi connectivity index (χ1) is 13.2.